The predicted octanol–water partition coefficient (Wildman–Crippen LogP) is 2.89. The fourth-order valence-electron chi connectivity index (χ4n) is 2.75. The molecule has 20 heavy (non-hydrogen) atoms. The van der Waals surface area contributed by atoms with Gasteiger partial charge < -0.3 is 9.64 Å². The lowest BCUT2D eigenvalue weighted by Crippen LogP contribution is -2.39. The number of ether oxygens (including phenoxy) is 1. The maximum atomic E-state index is 12.5. The highest BCUT2D eigenvalue weighted by atomic mass is 16.5. The van der Waals surface area contributed by atoms with Gasteiger partial charge in [-0.05, 0) is 31.2 Å². The van der Waals surface area contributed by atoms with Crippen molar-refractivity contribution in [1.29, 1.82) is 0 Å². The second kappa shape index (κ2) is 7.44. The van der Waals surface area contributed by atoms with Crippen molar-refractivity contribution in [2.75, 3.05) is 20.2 Å². The second-order valence-electron chi connectivity index (χ2n) is 5.62. The van der Waals surface area contributed by atoms with Gasteiger partial charge in [0.1, 0.15) is 0 Å². The summed E-state index contributed by atoms with van der Waals surface area (Å²) in [6.07, 6.45) is 3.93. The minimum atomic E-state index is 0.148. The summed E-state index contributed by atoms with van der Waals surface area (Å²) in [6, 6.07) is 10.3. The highest BCUT2D eigenvalue weighted by Crippen LogP contribution is 2.23. The van der Waals surface area contributed by atoms with E-state index >= 15 is 0 Å². The van der Waals surface area contributed by atoms with Gasteiger partial charge in [-0.1, -0.05) is 37.3 Å². The van der Waals surface area contributed by atoms with Crippen LogP contribution in [0.1, 0.15) is 31.7 Å². The van der Waals surface area contributed by atoms with E-state index in [4.69, 9.17) is 4.74 Å². The van der Waals surface area contributed by atoms with Crippen molar-refractivity contribution in [3.63, 3.8) is 0 Å². The van der Waals surface area contributed by atoms with Crippen molar-refractivity contribution in [3.05, 3.63) is 35.9 Å². The summed E-state index contributed by atoms with van der Waals surface area (Å²) in [5.41, 5.74) is 1.28. The molecule has 3 nitrogen and oxygen atoms in total. The van der Waals surface area contributed by atoms with Gasteiger partial charge in [-0.15, -0.1) is 0 Å². The zero-order valence-corrected chi connectivity index (χ0v) is 12.5. The topological polar surface area (TPSA) is 29.5 Å². The Hall–Kier alpha value is -1.35. The number of nitrogens with zero attached hydrogens (tertiary/aromatic N) is 1. The van der Waals surface area contributed by atoms with Gasteiger partial charge in [0.15, 0.2) is 0 Å². The van der Waals surface area contributed by atoms with Crippen LogP contribution in [0.4, 0.5) is 0 Å². The van der Waals surface area contributed by atoms with Crippen molar-refractivity contribution in [3.8, 4) is 0 Å². The van der Waals surface area contributed by atoms with Crippen LogP contribution in [0.15, 0.2) is 30.3 Å². The molecule has 0 bridgehead atoms. The Morgan fingerprint density at radius 3 is 2.80 bits per heavy atom. The van der Waals surface area contributed by atoms with Crippen molar-refractivity contribution in [2.24, 2.45) is 5.92 Å². The molecule has 1 aliphatic rings. The van der Waals surface area contributed by atoms with Crippen LogP contribution in [-0.4, -0.2) is 37.1 Å². The van der Waals surface area contributed by atoms with Gasteiger partial charge >= 0.3 is 0 Å². The van der Waals surface area contributed by atoms with Gasteiger partial charge in [0.05, 0.1) is 6.10 Å². The van der Waals surface area contributed by atoms with E-state index in [1.54, 1.807) is 0 Å². The summed E-state index contributed by atoms with van der Waals surface area (Å²) in [4.78, 5) is 14.3. The Labute approximate surface area is 121 Å². The van der Waals surface area contributed by atoms with Gasteiger partial charge in [-0.2, -0.15) is 0 Å². The maximum Gasteiger partial charge on any atom is 0.225 e. The van der Waals surface area contributed by atoms with Crippen molar-refractivity contribution in [1.82, 2.24) is 4.90 Å². The summed E-state index contributed by atoms with van der Waals surface area (Å²) < 4.78 is 5.65. The number of amides is 1. The lowest BCUT2D eigenvalue weighted by molar-refractivity contribution is -0.139. The fraction of sp³-hybridized carbons (Fsp3) is 0.588. The van der Waals surface area contributed by atoms with Gasteiger partial charge in [-0.3, -0.25) is 4.79 Å². The van der Waals surface area contributed by atoms with Crippen molar-refractivity contribution < 1.29 is 9.53 Å². The standard InChI is InChI=1S/C17H25NO2/c1-3-16-13-15(10-12-20-16)17(19)18(2)11-9-14-7-5-4-6-8-14/h4-8,15-16H,3,9-13H2,1-2H3/t15-,16-/m1/s1. The van der Waals surface area contributed by atoms with E-state index < -0.39 is 0 Å². The predicted molar refractivity (Wildman–Crippen MR) is 80.5 cm³/mol. The van der Waals surface area contributed by atoms with E-state index in [1.807, 2.05) is 30.1 Å². The third-order valence-electron chi connectivity index (χ3n) is 4.13. The van der Waals surface area contributed by atoms with E-state index in [2.05, 4.69) is 19.1 Å². The molecule has 1 aromatic rings. The molecule has 0 aliphatic carbocycles. The van der Waals surface area contributed by atoms with Gasteiger partial charge in [0.25, 0.3) is 0 Å². The van der Waals surface area contributed by atoms with E-state index in [0.29, 0.717) is 0 Å². The normalized spacial score (nSPS) is 22.5. The number of rotatable bonds is 5. The van der Waals surface area contributed by atoms with E-state index in [-0.39, 0.29) is 17.9 Å². The summed E-state index contributed by atoms with van der Waals surface area (Å²) in [5.74, 6) is 0.428. The molecule has 1 fully saturated rings. The summed E-state index contributed by atoms with van der Waals surface area (Å²) in [5, 5.41) is 0. The lowest BCUT2D eigenvalue weighted by Gasteiger charge is -2.31. The molecule has 0 spiro atoms. The molecule has 0 N–H and O–H groups in total. The summed E-state index contributed by atoms with van der Waals surface area (Å²) >= 11 is 0. The smallest absolute Gasteiger partial charge is 0.225 e. The third kappa shape index (κ3) is 4.07. The molecule has 0 aromatic heterocycles. The Morgan fingerprint density at radius 1 is 1.35 bits per heavy atom. The van der Waals surface area contributed by atoms with Gasteiger partial charge in [0, 0.05) is 26.1 Å². The number of likely N-dealkylation sites (N-methyl/N-ethyl adjacent to an activating group) is 1. The molecule has 1 heterocycles. The van der Waals surface area contributed by atoms with Crippen LogP contribution < -0.4 is 0 Å². The first kappa shape index (κ1) is 15.0. The Bertz CT molecular complexity index is 418. The quantitative estimate of drug-likeness (QED) is 0.827. The number of hydrogen-bond donors (Lipinski definition) is 0. The zero-order valence-electron chi connectivity index (χ0n) is 12.5. The number of carbonyl (C=O) groups excluding carboxylic acids is 1. The van der Waals surface area contributed by atoms with Crippen molar-refractivity contribution >= 4 is 5.91 Å². The molecule has 2 rings (SSSR count). The Balaban J connectivity index is 1.82. The number of hydrogen-bond acceptors (Lipinski definition) is 2. The highest BCUT2D eigenvalue weighted by Gasteiger charge is 2.28. The molecular weight excluding hydrogens is 250 g/mol. The van der Waals surface area contributed by atoms with Crippen LogP contribution in [0.3, 0.4) is 0 Å². The van der Waals surface area contributed by atoms with Crippen LogP contribution in [0.5, 0.6) is 0 Å². The zero-order chi connectivity index (χ0) is 14.4. The van der Waals surface area contributed by atoms with Gasteiger partial charge in [0.2, 0.25) is 5.91 Å². The average molecular weight is 275 g/mol. The lowest BCUT2D eigenvalue weighted by atomic mass is 9.93. The van der Waals surface area contributed by atoms with Crippen LogP contribution >= 0.6 is 0 Å². The average Bonchev–Trinajstić information content (AvgIpc) is 2.53. The molecule has 2 atom stereocenters. The monoisotopic (exact) mass is 275 g/mol. The molecule has 3 heteroatoms. The molecule has 110 valence electrons. The molecule has 1 aliphatic heterocycles. The SMILES string of the molecule is CC[C@@H]1C[C@H](C(=O)N(C)CCc2ccccc2)CCO1. The molecule has 1 amide bonds. The van der Waals surface area contributed by atoms with Crippen LogP contribution in [0.2, 0.25) is 0 Å². The second-order valence-corrected chi connectivity index (χ2v) is 5.62. The first-order valence-corrected chi connectivity index (χ1v) is 7.61. The molecule has 0 saturated carbocycles. The Morgan fingerprint density at radius 2 is 2.10 bits per heavy atom. The first-order chi connectivity index (χ1) is 9.70. The first-order valence-electron chi connectivity index (χ1n) is 7.61. The summed E-state index contributed by atoms with van der Waals surface area (Å²) in [6.45, 7) is 3.63. The molecule has 1 saturated heterocycles. The van der Waals surface area contributed by atoms with Crippen LogP contribution in [-0.2, 0) is 16.0 Å². The summed E-state index contributed by atoms with van der Waals surface area (Å²) in [7, 11) is 1.92. The number of carbonyl (C=O) groups is 1. The van der Waals surface area contributed by atoms with E-state index in [0.717, 1.165) is 38.8 Å². The molecule has 0 unspecified atom stereocenters. The maximum absolute atomic E-state index is 12.5. The fourth-order valence-corrected chi connectivity index (χ4v) is 2.75. The van der Waals surface area contributed by atoms with E-state index in [9.17, 15) is 4.79 Å². The highest BCUT2D eigenvalue weighted by molar-refractivity contribution is 5.78. The minimum Gasteiger partial charge on any atom is -0.378 e. The van der Waals surface area contributed by atoms with Gasteiger partial charge in [-0.25, -0.2) is 0 Å². The van der Waals surface area contributed by atoms with E-state index in [1.165, 1.54) is 5.56 Å². The molecule has 0 radical (unpaired) electrons. The van der Waals surface area contributed by atoms with Crippen molar-refractivity contribution in [2.45, 2.75) is 38.7 Å². The third-order valence-corrected chi connectivity index (χ3v) is 4.13. The molecular formula is C17H25NO2. The Kier molecular flexibility index (Phi) is 5.60. The largest absolute Gasteiger partial charge is 0.378 e. The number of benzene rings is 1. The minimum absolute atomic E-state index is 0.148. The molecule has 1 aromatic carbocycles. The van der Waals surface area contributed by atoms with Crippen LogP contribution in [0.25, 0.3) is 0 Å². The van der Waals surface area contributed by atoms with Crippen LogP contribution in [0, 0.1) is 5.92 Å².